The SMILES string of the molecule is CCCCC/C=C\C/C=C\C/C=C\C/C=C\CCCCCCCCCCCC(=O)NC(COP(=O)([O-])OCC[N+](C)(C)C)C(/C=C\CCCCCCCCCCCC)OC(=O)CCCCCCCCCC/C=C\C/C=C\C/C=C\CCCCC. The monoisotopic (exact) mass is 1190 g/mol. The number of nitrogens with zero attached hydrogens (tertiary/aromatic N) is 1. The van der Waals surface area contributed by atoms with Gasteiger partial charge in [0.05, 0.1) is 33.8 Å². The van der Waals surface area contributed by atoms with Gasteiger partial charge in [0.15, 0.2) is 0 Å². The largest absolute Gasteiger partial charge is 0.756 e. The van der Waals surface area contributed by atoms with Crippen molar-refractivity contribution in [1.29, 1.82) is 0 Å². The maximum absolute atomic E-state index is 13.6. The number of hydrogen-bond donors (Lipinski definition) is 1. The molecule has 0 aliphatic carbocycles. The number of amides is 1. The lowest BCUT2D eigenvalue weighted by Gasteiger charge is -2.30. The first-order valence-corrected chi connectivity index (χ1v) is 36.5. The molecule has 1 N–H and O–H groups in total. The van der Waals surface area contributed by atoms with Crippen LogP contribution in [0.3, 0.4) is 0 Å². The van der Waals surface area contributed by atoms with Crippen LogP contribution in [-0.4, -0.2) is 69.4 Å². The van der Waals surface area contributed by atoms with Crippen molar-refractivity contribution in [3.8, 4) is 0 Å². The highest BCUT2D eigenvalue weighted by atomic mass is 31.2. The van der Waals surface area contributed by atoms with Gasteiger partial charge in [-0.1, -0.05) is 279 Å². The molecular weight excluding hydrogens is 1060 g/mol. The molecule has 0 heterocycles. The number of likely N-dealkylation sites (N-methyl/N-ethyl adjacent to an activating group) is 1. The molecule has 0 rings (SSSR count). The molecule has 3 unspecified atom stereocenters. The number of allylic oxidation sites excluding steroid dienone is 15. The van der Waals surface area contributed by atoms with E-state index in [9.17, 15) is 19.0 Å². The number of nitrogens with one attached hydrogen (secondary N) is 1. The zero-order chi connectivity index (χ0) is 61.4. The maximum Gasteiger partial charge on any atom is 0.306 e. The molecule has 0 aromatic carbocycles. The quantitative estimate of drug-likeness (QED) is 0.0212. The third-order valence-electron chi connectivity index (χ3n) is 15.2. The van der Waals surface area contributed by atoms with Crippen molar-refractivity contribution in [2.45, 2.75) is 322 Å². The van der Waals surface area contributed by atoms with Crippen LogP contribution in [-0.2, 0) is 27.9 Å². The first-order chi connectivity index (χ1) is 40.9. The number of carbonyl (C=O) groups is 2. The number of rotatable bonds is 63. The fourth-order valence-electron chi connectivity index (χ4n) is 9.81. The summed E-state index contributed by atoms with van der Waals surface area (Å²) in [6.45, 7) is 6.79. The van der Waals surface area contributed by atoms with Crippen LogP contribution in [0.5, 0.6) is 0 Å². The van der Waals surface area contributed by atoms with Crippen LogP contribution in [0.1, 0.15) is 310 Å². The van der Waals surface area contributed by atoms with Crippen molar-refractivity contribution in [2.24, 2.45) is 0 Å². The van der Waals surface area contributed by atoms with Crippen molar-refractivity contribution in [3.63, 3.8) is 0 Å². The molecule has 84 heavy (non-hydrogen) atoms. The summed E-state index contributed by atoms with van der Waals surface area (Å²) in [6, 6.07) is -0.901. The minimum Gasteiger partial charge on any atom is -0.756 e. The molecule has 0 radical (unpaired) electrons. The van der Waals surface area contributed by atoms with E-state index in [0.717, 1.165) is 116 Å². The minimum atomic E-state index is -4.71. The molecule has 1 amide bonds. The zero-order valence-corrected chi connectivity index (χ0v) is 56.5. The molecule has 0 spiro atoms. The molecular formula is C74H133N2O7P. The Bertz CT molecular complexity index is 1760. The number of phosphoric ester groups is 1. The first-order valence-electron chi connectivity index (χ1n) is 35.0. The number of phosphoric acid groups is 1. The van der Waals surface area contributed by atoms with E-state index in [1.807, 2.05) is 33.3 Å². The molecule has 10 heteroatoms. The number of carbonyl (C=O) groups excluding carboxylic acids is 2. The Hall–Kier alpha value is -3.07. The molecule has 0 aromatic rings. The summed E-state index contributed by atoms with van der Waals surface area (Å²) in [5, 5.41) is 3.04. The van der Waals surface area contributed by atoms with Gasteiger partial charge in [0.2, 0.25) is 5.91 Å². The molecule has 0 saturated heterocycles. The van der Waals surface area contributed by atoms with Crippen LogP contribution >= 0.6 is 7.82 Å². The first kappa shape index (κ1) is 80.9. The van der Waals surface area contributed by atoms with E-state index >= 15 is 0 Å². The number of esters is 1. The lowest BCUT2D eigenvalue weighted by molar-refractivity contribution is -0.870. The molecule has 0 fully saturated rings. The third-order valence-corrected chi connectivity index (χ3v) is 16.2. The number of unbranched alkanes of at least 4 members (excludes halogenated alkanes) is 33. The van der Waals surface area contributed by atoms with E-state index in [1.165, 1.54) is 161 Å². The molecule has 486 valence electrons. The van der Waals surface area contributed by atoms with Gasteiger partial charge in [-0.15, -0.1) is 0 Å². The highest BCUT2D eigenvalue weighted by molar-refractivity contribution is 7.45. The average molecular weight is 1190 g/mol. The lowest BCUT2D eigenvalue weighted by Crippen LogP contribution is -2.47. The van der Waals surface area contributed by atoms with Crippen molar-refractivity contribution in [1.82, 2.24) is 5.32 Å². The topological polar surface area (TPSA) is 114 Å². The zero-order valence-electron chi connectivity index (χ0n) is 55.6. The van der Waals surface area contributed by atoms with Gasteiger partial charge >= 0.3 is 5.97 Å². The van der Waals surface area contributed by atoms with Gasteiger partial charge in [-0.2, -0.15) is 0 Å². The summed E-state index contributed by atoms with van der Waals surface area (Å²) in [6.07, 6.45) is 85.2. The Morgan fingerprint density at radius 2 is 0.726 bits per heavy atom. The number of quaternary nitrogens is 1. The number of ether oxygens (including phenoxy) is 1. The number of hydrogen-bond acceptors (Lipinski definition) is 7. The van der Waals surface area contributed by atoms with Crippen molar-refractivity contribution >= 4 is 19.7 Å². The van der Waals surface area contributed by atoms with Crippen LogP contribution in [0.15, 0.2) is 97.2 Å². The van der Waals surface area contributed by atoms with Crippen LogP contribution < -0.4 is 10.2 Å². The van der Waals surface area contributed by atoms with Crippen LogP contribution in [0.25, 0.3) is 0 Å². The molecule has 9 nitrogen and oxygen atoms in total. The Morgan fingerprint density at radius 3 is 1.11 bits per heavy atom. The van der Waals surface area contributed by atoms with Crippen molar-refractivity contribution in [2.75, 3.05) is 40.9 Å². The fourth-order valence-corrected chi connectivity index (χ4v) is 10.5. The van der Waals surface area contributed by atoms with E-state index < -0.39 is 26.6 Å². The predicted molar refractivity (Wildman–Crippen MR) is 362 cm³/mol. The molecule has 0 aromatic heterocycles. The molecule has 0 aliphatic rings. The normalized spacial score (nSPS) is 14.1. The standard InChI is InChI=1S/C74H133N2O7P/c1-7-10-13-16-19-22-25-28-30-32-34-36-37-38-39-41-42-44-46-48-51-54-57-60-63-66-73(77)75-71(70-82-84(79,80)81-69-68-76(4,5)6)72(65-62-59-56-53-50-27-24-21-18-15-12-9-3)83-74(78)67-64-61-58-55-52-49-47-45-43-40-35-33-31-29-26-23-20-17-14-11-8-2/h19-20,22-23,28-31,34-36,38-40,62,65,71-72H,7-18,21,24-27,32-33,37,41-61,63-64,66-70H2,1-6H3,(H-,75,77,79,80)/b22-19-,23-20-,30-28-,31-29-,36-34-,39-38-,40-35-,65-62-. The average Bonchev–Trinajstić information content (AvgIpc) is 3.64. The van der Waals surface area contributed by atoms with Crippen LogP contribution in [0.2, 0.25) is 0 Å². The van der Waals surface area contributed by atoms with Gasteiger partial charge in [0.25, 0.3) is 7.82 Å². The van der Waals surface area contributed by atoms with Gasteiger partial charge in [0.1, 0.15) is 19.3 Å². The summed E-state index contributed by atoms with van der Waals surface area (Å²) in [7, 11) is 1.17. The van der Waals surface area contributed by atoms with E-state index in [4.69, 9.17) is 13.8 Å². The lowest BCUT2D eigenvalue weighted by atomic mass is 10.0. The minimum absolute atomic E-state index is 0.0287. The maximum atomic E-state index is 13.6. The highest BCUT2D eigenvalue weighted by Gasteiger charge is 2.27. The summed E-state index contributed by atoms with van der Waals surface area (Å²) < 4.78 is 30.4. The second-order valence-electron chi connectivity index (χ2n) is 24.7. The molecule has 0 saturated carbocycles. The third kappa shape index (κ3) is 63.4. The smallest absolute Gasteiger partial charge is 0.306 e. The summed E-state index contributed by atoms with van der Waals surface area (Å²) in [5.41, 5.74) is 0. The Kier molecular flexibility index (Phi) is 60.7. The Morgan fingerprint density at radius 1 is 0.417 bits per heavy atom. The second kappa shape index (κ2) is 63.0. The van der Waals surface area contributed by atoms with E-state index in [0.29, 0.717) is 17.4 Å². The summed E-state index contributed by atoms with van der Waals surface area (Å²) >= 11 is 0. The van der Waals surface area contributed by atoms with Crippen LogP contribution in [0, 0.1) is 0 Å². The summed E-state index contributed by atoms with van der Waals surface area (Å²) in [5.74, 6) is -0.554. The molecule has 0 bridgehead atoms. The molecule has 0 aliphatic heterocycles. The van der Waals surface area contributed by atoms with Gasteiger partial charge in [-0.25, -0.2) is 0 Å². The van der Waals surface area contributed by atoms with Crippen LogP contribution in [0.4, 0.5) is 0 Å². The Labute approximate surface area is 519 Å². The van der Waals surface area contributed by atoms with Gasteiger partial charge in [-0.05, 0) is 115 Å². The van der Waals surface area contributed by atoms with E-state index in [1.54, 1.807) is 0 Å². The van der Waals surface area contributed by atoms with Gasteiger partial charge in [-0.3, -0.25) is 14.2 Å². The predicted octanol–water partition coefficient (Wildman–Crippen LogP) is 21.7. The highest BCUT2D eigenvalue weighted by Crippen LogP contribution is 2.38. The fraction of sp³-hybridized carbons (Fsp3) is 0.757. The van der Waals surface area contributed by atoms with Gasteiger partial charge in [0, 0.05) is 12.8 Å². The van der Waals surface area contributed by atoms with Crippen molar-refractivity contribution in [3.05, 3.63) is 97.2 Å². The van der Waals surface area contributed by atoms with Gasteiger partial charge < -0.3 is 28.5 Å². The van der Waals surface area contributed by atoms with Crippen molar-refractivity contribution < 1.29 is 37.3 Å². The molecule has 3 atom stereocenters. The second-order valence-corrected chi connectivity index (χ2v) is 26.1. The Balaban J connectivity index is 5.13. The van der Waals surface area contributed by atoms with E-state index in [2.05, 4.69) is 111 Å². The summed E-state index contributed by atoms with van der Waals surface area (Å²) in [4.78, 5) is 40.2. The van der Waals surface area contributed by atoms with E-state index in [-0.39, 0.29) is 24.9 Å².